The molecule has 2 aromatic heterocycles. The van der Waals surface area contributed by atoms with Gasteiger partial charge in [-0.1, -0.05) is 225 Å². The number of para-hydroxylation sites is 1. The molecule has 0 fully saturated rings. The Morgan fingerprint density at radius 2 is 0.904 bits per heavy atom. The molecule has 3 heteroatoms. The number of hydrogen-bond acceptors (Lipinski definition) is 2. The van der Waals surface area contributed by atoms with Crippen molar-refractivity contribution in [3.05, 3.63) is 330 Å². The van der Waals surface area contributed by atoms with Crippen molar-refractivity contribution in [2.45, 2.75) is 12.3 Å². The summed E-state index contributed by atoms with van der Waals surface area (Å²) in [4.78, 5) is 3.65. The molecule has 0 bridgehead atoms. The van der Waals surface area contributed by atoms with E-state index in [0.29, 0.717) is 0 Å². The fourth-order valence-corrected chi connectivity index (χ4v) is 15.1. The molecule has 0 amide bonds. The molecule has 0 radical (unpaired) electrons. The van der Waals surface area contributed by atoms with E-state index in [4.69, 9.17) is 0 Å². The number of thiophene rings is 1. The molecule has 13 aromatic carbocycles. The van der Waals surface area contributed by atoms with E-state index < -0.39 is 5.41 Å². The molecule has 16 rings (SSSR count). The normalized spacial score (nSPS) is 12.7. The number of nitrogens with zero attached hydrogens (tertiary/aromatic N) is 2. The zero-order valence-electron chi connectivity index (χ0n) is 45.8. The maximum Gasteiger partial charge on any atom is 0.0713 e. The first-order valence-electron chi connectivity index (χ1n) is 28.6. The highest BCUT2D eigenvalue weighted by Crippen LogP contribution is 2.57. The summed E-state index contributed by atoms with van der Waals surface area (Å²) in [7, 11) is 0. The highest BCUT2D eigenvalue weighted by molar-refractivity contribution is 7.20. The molecule has 1 aliphatic rings. The molecule has 0 unspecified atom stereocenters. The minimum atomic E-state index is -0.499. The van der Waals surface area contributed by atoms with Crippen molar-refractivity contribution in [3.63, 3.8) is 0 Å². The van der Waals surface area contributed by atoms with Crippen LogP contribution in [0.25, 0.3) is 109 Å². The average molecular weight is 1080 g/mol. The zero-order valence-corrected chi connectivity index (χ0v) is 46.6. The molecule has 2 heterocycles. The first-order valence-corrected chi connectivity index (χ1v) is 29.4. The molecule has 0 saturated heterocycles. The number of benzene rings is 13. The van der Waals surface area contributed by atoms with Crippen LogP contribution < -0.4 is 4.90 Å². The third-order valence-electron chi connectivity index (χ3n) is 17.6. The molecule has 15 aromatic rings. The van der Waals surface area contributed by atoms with Crippen molar-refractivity contribution in [1.29, 1.82) is 0 Å². The Kier molecular flexibility index (Phi) is 11.4. The molecule has 0 aliphatic heterocycles. The molecule has 0 atom stereocenters. The Labute approximate surface area is 487 Å². The van der Waals surface area contributed by atoms with Gasteiger partial charge in [-0.3, -0.25) is 0 Å². The monoisotopic (exact) mass is 1070 g/mol. The van der Waals surface area contributed by atoms with Crippen molar-refractivity contribution in [3.8, 4) is 39.1 Å². The van der Waals surface area contributed by atoms with Crippen LogP contribution in [0.4, 0.5) is 17.1 Å². The topological polar surface area (TPSA) is 8.17 Å². The van der Waals surface area contributed by atoms with Crippen LogP contribution in [0.2, 0.25) is 0 Å². The maximum absolute atomic E-state index is 3.94. The zero-order chi connectivity index (χ0) is 55.2. The van der Waals surface area contributed by atoms with Crippen molar-refractivity contribution in [2.75, 3.05) is 4.90 Å². The van der Waals surface area contributed by atoms with E-state index >= 15 is 0 Å². The lowest BCUT2D eigenvalue weighted by Gasteiger charge is -2.34. The number of rotatable bonds is 10. The lowest BCUT2D eigenvalue weighted by molar-refractivity contribution is 0.769. The van der Waals surface area contributed by atoms with E-state index in [0.717, 1.165) is 44.9 Å². The second-order valence-corrected chi connectivity index (χ2v) is 23.0. The van der Waals surface area contributed by atoms with Crippen LogP contribution in [-0.2, 0) is 5.41 Å². The second kappa shape index (κ2) is 19.5. The Balaban J connectivity index is 0.881. The number of anilines is 3. The number of hydrogen-bond donors (Lipinski definition) is 0. The molecular weight excluding hydrogens is 1020 g/mol. The van der Waals surface area contributed by atoms with E-state index in [2.05, 4.69) is 308 Å². The first-order chi connectivity index (χ1) is 41.0. The summed E-state index contributed by atoms with van der Waals surface area (Å²) in [5.41, 5.74) is 20.0. The summed E-state index contributed by atoms with van der Waals surface area (Å²) in [6.07, 6.45) is 6.05. The van der Waals surface area contributed by atoms with Crippen LogP contribution in [0.15, 0.2) is 298 Å². The fraction of sp³-hybridized carbons (Fsp3) is 0.0250. The van der Waals surface area contributed by atoms with Gasteiger partial charge in [0.25, 0.3) is 0 Å². The highest BCUT2D eigenvalue weighted by atomic mass is 32.1. The molecule has 0 N–H and O–H groups in total. The van der Waals surface area contributed by atoms with Crippen LogP contribution in [0, 0.1) is 6.92 Å². The number of fused-ring (bicyclic) bond motifs is 13. The molecule has 390 valence electrons. The van der Waals surface area contributed by atoms with E-state index in [1.54, 1.807) is 0 Å². The Morgan fingerprint density at radius 3 is 1.55 bits per heavy atom. The third kappa shape index (κ3) is 7.55. The van der Waals surface area contributed by atoms with Crippen molar-refractivity contribution in [1.82, 2.24) is 4.57 Å². The van der Waals surface area contributed by atoms with E-state index in [1.807, 2.05) is 23.5 Å². The Hall–Kier alpha value is -10.3. The van der Waals surface area contributed by atoms with Crippen LogP contribution in [0.5, 0.6) is 0 Å². The number of allylic oxidation sites excluding steroid dienone is 2. The Bertz CT molecular complexity index is 5030. The average Bonchev–Trinajstić information content (AvgIpc) is 3.91. The molecule has 83 heavy (non-hydrogen) atoms. The summed E-state index contributed by atoms with van der Waals surface area (Å²) in [5.74, 6) is 0. The highest BCUT2D eigenvalue weighted by Gasteiger charge is 2.46. The minimum Gasteiger partial charge on any atom is -0.309 e. The van der Waals surface area contributed by atoms with Gasteiger partial charge in [-0.05, 0) is 185 Å². The Morgan fingerprint density at radius 1 is 0.398 bits per heavy atom. The second-order valence-electron chi connectivity index (χ2n) is 22.0. The SMILES string of the molecule is C=C/C=C\c1sc2c(N(c3ccccc3)c3ccc(-c4ccc5c(c4)c4cc(-c6ccc7c(c6)C(c6ccccc6)(c6ccccc6)c6ccccc6-7)ccc4n5-c4ccc5c6ccccc6c6ccccc6c5c4)cc3)cccc2c1C. The van der Waals surface area contributed by atoms with Crippen LogP contribution in [0.1, 0.15) is 32.7 Å². The summed E-state index contributed by atoms with van der Waals surface area (Å²) in [6.45, 7) is 6.16. The van der Waals surface area contributed by atoms with Crippen molar-refractivity contribution in [2.24, 2.45) is 0 Å². The molecule has 1 aliphatic carbocycles. The predicted molar refractivity (Wildman–Crippen MR) is 356 cm³/mol. The molecule has 0 spiro atoms. The molecule has 2 nitrogen and oxygen atoms in total. The van der Waals surface area contributed by atoms with Gasteiger partial charge in [-0.15, -0.1) is 11.3 Å². The van der Waals surface area contributed by atoms with Crippen LogP contribution in [0.3, 0.4) is 0 Å². The van der Waals surface area contributed by atoms with Gasteiger partial charge in [-0.25, -0.2) is 0 Å². The number of aromatic nitrogens is 1. The van der Waals surface area contributed by atoms with Gasteiger partial charge in [0.1, 0.15) is 0 Å². The van der Waals surface area contributed by atoms with Crippen LogP contribution >= 0.6 is 11.3 Å². The minimum absolute atomic E-state index is 0.499. The van der Waals surface area contributed by atoms with Gasteiger partial charge in [-0.2, -0.15) is 0 Å². The summed E-state index contributed by atoms with van der Waals surface area (Å²) in [6, 6.07) is 104. The van der Waals surface area contributed by atoms with Gasteiger partial charge in [0.15, 0.2) is 0 Å². The van der Waals surface area contributed by atoms with Crippen molar-refractivity contribution >= 4 is 98.7 Å². The van der Waals surface area contributed by atoms with Gasteiger partial charge in [0.05, 0.1) is 26.8 Å². The van der Waals surface area contributed by atoms with E-state index in [9.17, 15) is 0 Å². The number of aryl methyl sites for hydroxylation is 1. The van der Waals surface area contributed by atoms with Gasteiger partial charge < -0.3 is 9.47 Å². The first kappa shape index (κ1) is 48.6. The largest absolute Gasteiger partial charge is 0.309 e. The molecule has 0 saturated carbocycles. The quantitative estimate of drug-likeness (QED) is 0.0979. The lowest BCUT2D eigenvalue weighted by Crippen LogP contribution is -2.28. The maximum atomic E-state index is 3.94. The smallest absolute Gasteiger partial charge is 0.0713 e. The molecular formula is C80H54N2S. The van der Waals surface area contributed by atoms with Gasteiger partial charge in [0, 0.05) is 32.7 Å². The summed E-state index contributed by atoms with van der Waals surface area (Å²) >= 11 is 1.83. The lowest BCUT2D eigenvalue weighted by atomic mass is 9.67. The van der Waals surface area contributed by atoms with Gasteiger partial charge >= 0.3 is 0 Å². The predicted octanol–water partition coefficient (Wildman–Crippen LogP) is 22.1. The fourth-order valence-electron chi connectivity index (χ4n) is 13.9. The van der Waals surface area contributed by atoms with E-state index in [-0.39, 0.29) is 0 Å². The van der Waals surface area contributed by atoms with E-state index in [1.165, 1.54) is 108 Å². The van der Waals surface area contributed by atoms with Crippen LogP contribution in [-0.4, -0.2) is 4.57 Å². The van der Waals surface area contributed by atoms with Crippen molar-refractivity contribution < 1.29 is 0 Å². The summed E-state index contributed by atoms with van der Waals surface area (Å²) < 4.78 is 3.75. The third-order valence-corrected chi connectivity index (χ3v) is 18.9. The standard InChI is InChI=1S/C80H54N2S/c1-3-4-35-78-52(2)62-32-20-34-77(79(62)83-78)81(59-25-12-7-13-26-59)60-41-36-53(37-42-60)54-39-46-75-71(48-54)72-49-55(40-47-76(72)82(75)61-43-45-67-65-29-15-14-27-63(65)64-28-16-17-30-66(64)70(67)51-61)56-38-44-69-68-31-18-19-33-73(68)80(74(69)50-56,57-21-8-5-9-22-57)58-23-10-6-11-24-58/h3-51H,1H2,2H3/b35-4-. The van der Waals surface area contributed by atoms with Gasteiger partial charge in [0.2, 0.25) is 0 Å². The summed E-state index contributed by atoms with van der Waals surface area (Å²) in [5, 5.41) is 11.3.